The van der Waals surface area contributed by atoms with Crippen LogP contribution in [0.4, 0.5) is 0 Å². The second-order valence-corrected chi connectivity index (χ2v) is 4.82. The fourth-order valence-corrected chi connectivity index (χ4v) is 2.53. The Morgan fingerprint density at radius 3 is 3.18 bits per heavy atom. The van der Waals surface area contributed by atoms with Crippen LogP contribution in [-0.2, 0) is 17.8 Å². The molecule has 0 amide bonds. The first-order chi connectivity index (χ1) is 8.42. The molecule has 3 nitrogen and oxygen atoms in total. The highest BCUT2D eigenvalue weighted by molar-refractivity contribution is 5.36. The zero-order chi connectivity index (χ0) is 11.5. The van der Waals surface area contributed by atoms with Gasteiger partial charge in [0.15, 0.2) is 0 Å². The Balaban J connectivity index is 1.70. The molecule has 92 valence electrons. The molecule has 0 aliphatic carbocycles. The van der Waals surface area contributed by atoms with Gasteiger partial charge in [0.1, 0.15) is 11.9 Å². The van der Waals surface area contributed by atoms with Crippen LogP contribution in [0.5, 0.6) is 5.75 Å². The Bertz CT molecular complexity index is 386. The summed E-state index contributed by atoms with van der Waals surface area (Å²) in [5, 5.41) is 3.37. The van der Waals surface area contributed by atoms with E-state index < -0.39 is 0 Å². The highest BCUT2D eigenvalue weighted by Crippen LogP contribution is 2.24. The van der Waals surface area contributed by atoms with Crippen molar-refractivity contribution >= 4 is 0 Å². The largest absolute Gasteiger partial charge is 0.489 e. The molecule has 3 heteroatoms. The lowest BCUT2D eigenvalue weighted by Crippen LogP contribution is -2.37. The molecule has 1 saturated heterocycles. The molecule has 0 spiro atoms. The van der Waals surface area contributed by atoms with Gasteiger partial charge in [0.2, 0.25) is 0 Å². The van der Waals surface area contributed by atoms with Crippen LogP contribution >= 0.6 is 0 Å². The molecule has 0 radical (unpaired) electrons. The van der Waals surface area contributed by atoms with E-state index in [9.17, 15) is 0 Å². The van der Waals surface area contributed by atoms with E-state index in [-0.39, 0.29) is 0 Å². The molecule has 0 saturated carbocycles. The molecule has 0 bridgehead atoms. The number of piperidine rings is 1. The number of rotatable bonds is 2. The van der Waals surface area contributed by atoms with Crippen molar-refractivity contribution in [3.63, 3.8) is 0 Å². The van der Waals surface area contributed by atoms with E-state index in [1.165, 1.54) is 17.5 Å². The SMILES string of the molecule is c1cc2c(cc1OC1CCCNC1)CCOC2. The fourth-order valence-electron chi connectivity index (χ4n) is 2.53. The maximum absolute atomic E-state index is 6.02. The van der Waals surface area contributed by atoms with Gasteiger partial charge in [-0.1, -0.05) is 6.07 Å². The van der Waals surface area contributed by atoms with E-state index in [2.05, 4.69) is 23.5 Å². The smallest absolute Gasteiger partial charge is 0.120 e. The Hall–Kier alpha value is -1.06. The summed E-state index contributed by atoms with van der Waals surface area (Å²) in [5.41, 5.74) is 2.70. The molecule has 0 aromatic heterocycles. The van der Waals surface area contributed by atoms with Crippen molar-refractivity contribution < 1.29 is 9.47 Å². The summed E-state index contributed by atoms with van der Waals surface area (Å²) in [7, 11) is 0. The Labute approximate surface area is 102 Å². The maximum atomic E-state index is 6.02. The molecule has 1 N–H and O–H groups in total. The molecule has 2 heterocycles. The number of ether oxygens (including phenoxy) is 2. The third-order valence-corrected chi connectivity index (χ3v) is 3.51. The van der Waals surface area contributed by atoms with Crippen LogP contribution in [0.2, 0.25) is 0 Å². The minimum Gasteiger partial charge on any atom is -0.489 e. The van der Waals surface area contributed by atoms with E-state index in [0.717, 1.165) is 44.9 Å². The molecule has 1 aromatic carbocycles. The van der Waals surface area contributed by atoms with Crippen LogP contribution in [0.1, 0.15) is 24.0 Å². The molecular formula is C14H19NO2. The summed E-state index contributed by atoms with van der Waals surface area (Å²) in [4.78, 5) is 0. The Morgan fingerprint density at radius 1 is 1.29 bits per heavy atom. The lowest BCUT2D eigenvalue weighted by molar-refractivity contribution is 0.110. The van der Waals surface area contributed by atoms with Gasteiger partial charge in [-0.2, -0.15) is 0 Å². The lowest BCUT2D eigenvalue weighted by atomic mass is 10.0. The minimum atomic E-state index is 0.335. The number of hydrogen-bond acceptors (Lipinski definition) is 3. The number of hydrogen-bond donors (Lipinski definition) is 1. The molecule has 17 heavy (non-hydrogen) atoms. The topological polar surface area (TPSA) is 30.5 Å². The number of benzene rings is 1. The summed E-state index contributed by atoms with van der Waals surface area (Å²) in [6.07, 6.45) is 3.72. The zero-order valence-electron chi connectivity index (χ0n) is 10.1. The van der Waals surface area contributed by atoms with Crippen LogP contribution in [0, 0.1) is 0 Å². The van der Waals surface area contributed by atoms with E-state index in [1.54, 1.807) is 0 Å². The van der Waals surface area contributed by atoms with Crippen molar-refractivity contribution in [3.05, 3.63) is 29.3 Å². The second-order valence-electron chi connectivity index (χ2n) is 4.82. The van der Waals surface area contributed by atoms with Crippen molar-refractivity contribution in [2.24, 2.45) is 0 Å². The van der Waals surface area contributed by atoms with Gasteiger partial charge in [-0.05, 0) is 49.1 Å². The molecule has 1 fully saturated rings. The van der Waals surface area contributed by atoms with E-state index in [1.807, 2.05) is 0 Å². The quantitative estimate of drug-likeness (QED) is 0.846. The van der Waals surface area contributed by atoms with Gasteiger partial charge in [-0.15, -0.1) is 0 Å². The van der Waals surface area contributed by atoms with Crippen molar-refractivity contribution in [2.45, 2.75) is 32.0 Å². The first-order valence-electron chi connectivity index (χ1n) is 6.49. The third kappa shape index (κ3) is 2.61. The summed E-state index contributed by atoms with van der Waals surface area (Å²) in [6.45, 7) is 3.68. The second kappa shape index (κ2) is 5.07. The highest BCUT2D eigenvalue weighted by Gasteiger charge is 2.16. The van der Waals surface area contributed by atoms with Gasteiger partial charge in [-0.25, -0.2) is 0 Å². The number of fused-ring (bicyclic) bond motifs is 1. The standard InChI is InChI=1S/C14H19NO2/c1-2-14(9-15-6-1)17-13-4-3-12-10-16-7-5-11(12)8-13/h3-4,8,14-15H,1-2,5-7,9-10H2. The molecular weight excluding hydrogens is 214 g/mol. The fraction of sp³-hybridized carbons (Fsp3) is 0.571. The van der Waals surface area contributed by atoms with Gasteiger partial charge < -0.3 is 14.8 Å². The molecule has 1 atom stereocenters. The van der Waals surface area contributed by atoms with Gasteiger partial charge in [-0.3, -0.25) is 0 Å². The highest BCUT2D eigenvalue weighted by atomic mass is 16.5. The summed E-state index contributed by atoms with van der Waals surface area (Å²) < 4.78 is 11.5. The van der Waals surface area contributed by atoms with Crippen LogP contribution in [0.25, 0.3) is 0 Å². The van der Waals surface area contributed by atoms with Gasteiger partial charge in [0, 0.05) is 6.54 Å². The van der Waals surface area contributed by atoms with Crippen LogP contribution in [-0.4, -0.2) is 25.8 Å². The predicted octanol–water partition coefficient (Wildman–Crippen LogP) is 1.89. The lowest BCUT2D eigenvalue weighted by Gasteiger charge is -2.25. The van der Waals surface area contributed by atoms with Crippen LogP contribution in [0.3, 0.4) is 0 Å². The van der Waals surface area contributed by atoms with E-state index in [4.69, 9.17) is 9.47 Å². The van der Waals surface area contributed by atoms with E-state index >= 15 is 0 Å². The van der Waals surface area contributed by atoms with Crippen molar-refractivity contribution in [1.82, 2.24) is 5.32 Å². The van der Waals surface area contributed by atoms with Crippen molar-refractivity contribution in [2.75, 3.05) is 19.7 Å². The molecule has 1 unspecified atom stereocenters. The van der Waals surface area contributed by atoms with Crippen LogP contribution < -0.4 is 10.1 Å². The van der Waals surface area contributed by atoms with Crippen molar-refractivity contribution in [3.8, 4) is 5.75 Å². The minimum absolute atomic E-state index is 0.335. The van der Waals surface area contributed by atoms with Gasteiger partial charge >= 0.3 is 0 Å². The first-order valence-corrected chi connectivity index (χ1v) is 6.49. The van der Waals surface area contributed by atoms with E-state index in [0.29, 0.717) is 6.10 Å². The predicted molar refractivity (Wildman–Crippen MR) is 66.3 cm³/mol. The van der Waals surface area contributed by atoms with Crippen LogP contribution in [0.15, 0.2) is 18.2 Å². The third-order valence-electron chi connectivity index (χ3n) is 3.51. The Kier molecular flexibility index (Phi) is 3.29. The van der Waals surface area contributed by atoms with Gasteiger partial charge in [0.25, 0.3) is 0 Å². The maximum Gasteiger partial charge on any atom is 0.120 e. The monoisotopic (exact) mass is 233 g/mol. The average molecular weight is 233 g/mol. The van der Waals surface area contributed by atoms with Gasteiger partial charge in [0.05, 0.1) is 13.2 Å². The molecule has 2 aliphatic heterocycles. The molecule has 3 rings (SSSR count). The first kappa shape index (κ1) is 11.1. The average Bonchev–Trinajstić information content (AvgIpc) is 2.40. The van der Waals surface area contributed by atoms with Crippen molar-refractivity contribution in [1.29, 1.82) is 0 Å². The Morgan fingerprint density at radius 2 is 2.29 bits per heavy atom. The number of nitrogens with one attached hydrogen (secondary N) is 1. The summed E-state index contributed by atoms with van der Waals surface area (Å²) in [6, 6.07) is 6.40. The molecule has 2 aliphatic rings. The summed E-state index contributed by atoms with van der Waals surface area (Å²) in [5.74, 6) is 1.01. The molecule has 1 aromatic rings. The zero-order valence-corrected chi connectivity index (χ0v) is 10.1. The summed E-state index contributed by atoms with van der Waals surface area (Å²) >= 11 is 0. The normalized spacial score (nSPS) is 24.1.